The molecular formula is C8H17N3O3S. The maximum Gasteiger partial charge on any atom is 0.254 e. The highest BCUT2D eigenvalue weighted by Crippen LogP contribution is 2.14. The van der Waals surface area contributed by atoms with Gasteiger partial charge in [-0.15, -0.1) is 4.41 Å². The molecule has 1 unspecified atom stereocenters. The highest BCUT2D eigenvalue weighted by molar-refractivity contribution is 7.88. The zero-order valence-corrected chi connectivity index (χ0v) is 9.83. The van der Waals surface area contributed by atoms with Crippen LogP contribution in [-0.4, -0.2) is 49.1 Å². The molecule has 0 aliphatic carbocycles. The van der Waals surface area contributed by atoms with Crippen molar-refractivity contribution >= 4 is 15.9 Å². The first-order chi connectivity index (χ1) is 6.88. The van der Waals surface area contributed by atoms with Crippen LogP contribution in [0.1, 0.15) is 19.8 Å². The van der Waals surface area contributed by atoms with Crippen molar-refractivity contribution in [2.75, 3.05) is 19.3 Å². The highest BCUT2D eigenvalue weighted by atomic mass is 32.2. The molecule has 0 spiro atoms. The van der Waals surface area contributed by atoms with E-state index in [0.717, 1.165) is 10.7 Å². The Morgan fingerprint density at radius 3 is 2.60 bits per heavy atom. The van der Waals surface area contributed by atoms with Gasteiger partial charge >= 0.3 is 0 Å². The van der Waals surface area contributed by atoms with Crippen LogP contribution in [0, 0.1) is 0 Å². The standard InChI is InChI=1S/C8H17N3O3S/c1-3-10-8(12)7(9)5-4-6-11(10)15(2,13)14/h7H,3-6,9H2,1-2H3. The van der Waals surface area contributed by atoms with Crippen LogP contribution < -0.4 is 5.73 Å². The molecule has 2 N–H and O–H groups in total. The Hall–Kier alpha value is -0.660. The molecule has 0 bridgehead atoms. The zero-order valence-electron chi connectivity index (χ0n) is 9.01. The van der Waals surface area contributed by atoms with Crippen molar-refractivity contribution < 1.29 is 13.2 Å². The summed E-state index contributed by atoms with van der Waals surface area (Å²) in [6.45, 7) is 2.37. The number of carbonyl (C=O) groups excluding carboxylic acids is 1. The number of sulfonamides is 1. The average molecular weight is 235 g/mol. The molecule has 0 aromatic rings. The minimum Gasteiger partial charge on any atom is -0.320 e. The number of rotatable bonds is 2. The van der Waals surface area contributed by atoms with Gasteiger partial charge in [0, 0.05) is 13.1 Å². The van der Waals surface area contributed by atoms with Gasteiger partial charge in [-0.3, -0.25) is 9.80 Å². The van der Waals surface area contributed by atoms with E-state index in [1.54, 1.807) is 6.92 Å². The summed E-state index contributed by atoms with van der Waals surface area (Å²) < 4.78 is 24.0. The SMILES string of the molecule is CCN1C(=O)C(N)CCCN1S(C)(=O)=O. The highest BCUT2D eigenvalue weighted by Gasteiger charge is 2.33. The first-order valence-corrected chi connectivity index (χ1v) is 6.77. The summed E-state index contributed by atoms with van der Waals surface area (Å²) in [5.41, 5.74) is 5.64. The van der Waals surface area contributed by atoms with Gasteiger partial charge in [0.2, 0.25) is 10.0 Å². The fraction of sp³-hybridized carbons (Fsp3) is 0.875. The van der Waals surface area contributed by atoms with E-state index in [-0.39, 0.29) is 5.91 Å². The summed E-state index contributed by atoms with van der Waals surface area (Å²) in [6.07, 6.45) is 2.23. The molecule has 88 valence electrons. The summed E-state index contributed by atoms with van der Waals surface area (Å²) >= 11 is 0. The quantitative estimate of drug-likeness (QED) is 0.674. The molecule has 0 radical (unpaired) electrons. The molecule has 1 aliphatic rings. The van der Waals surface area contributed by atoms with Crippen molar-refractivity contribution in [3.05, 3.63) is 0 Å². The van der Waals surface area contributed by atoms with Crippen LogP contribution in [-0.2, 0) is 14.8 Å². The van der Waals surface area contributed by atoms with Gasteiger partial charge in [0.25, 0.3) is 5.91 Å². The van der Waals surface area contributed by atoms with Crippen molar-refractivity contribution in [1.82, 2.24) is 9.42 Å². The third kappa shape index (κ3) is 2.67. The van der Waals surface area contributed by atoms with Gasteiger partial charge in [-0.25, -0.2) is 8.42 Å². The van der Waals surface area contributed by atoms with E-state index in [1.165, 1.54) is 5.01 Å². The van der Waals surface area contributed by atoms with Gasteiger partial charge in [0.1, 0.15) is 0 Å². The first-order valence-electron chi connectivity index (χ1n) is 4.92. The summed E-state index contributed by atoms with van der Waals surface area (Å²) in [5.74, 6) is -0.319. The van der Waals surface area contributed by atoms with E-state index in [1.807, 2.05) is 0 Å². The summed E-state index contributed by atoms with van der Waals surface area (Å²) in [5, 5.41) is 1.22. The number of hydrazine groups is 1. The molecule has 1 heterocycles. The fourth-order valence-corrected chi connectivity index (χ4v) is 2.67. The molecule has 1 saturated heterocycles. The number of nitrogens with two attached hydrogens (primary N) is 1. The topological polar surface area (TPSA) is 83.7 Å². The van der Waals surface area contributed by atoms with Crippen LogP contribution in [0.2, 0.25) is 0 Å². The number of carbonyl (C=O) groups is 1. The van der Waals surface area contributed by atoms with E-state index in [4.69, 9.17) is 5.73 Å². The van der Waals surface area contributed by atoms with Crippen LogP contribution in [0.4, 0.5) is 0 Å². The molecule has 0 aromatic carbocycles. The Labute approximate surface area is 90.0 Å². The van der Waals surface area contributed by atoms with Gasteiger partial charge in [0.05, 0.1) is 12.3 Å². The lowest BCUT2D eigenvalue weighted by Gasteiger charge is -2.30. The monoisotopic (exact) mass is 235 g/mol. The minimum absolute atomic E-state index is 0.319. The second-order valence-electron chi connectivity index (χ2n) is 3.61. The Morgan fingerprint density at radius 2 is 2.13 bits per heavy atom. The van der Waals surface area contributed by atoms with Gasteiger partial charge in [-0.05, 0) is 19.8 Å². The molecule has 1 atom stereocenters. The summed E-state index contributed by atoms with van der Waals surface area (Å²) in [6, 6.07) is -0.586. The van der Waals surface area contributed by atoms with Crippen molar-refractivity contribution in [3.8, 4) is 0 Å². The molecular weight excluding hydrogens is 218 g/mol. The molecule has 15 heavy (non-hydrogen) atoms. The van der Waals surface area contributed by atoms with E-state index in [2.05, 4.69) is 0 Å². The van der Waals surface area contributed by atoms with Crippen molar-refractivity contribution in [2.45, 2.75) is 25.8 Å². The summed E-state index contributed by atoms with van der Waals surface area (Å²) in [4.78, 5) is 11.7. The van der Waals surface area contributed by atoms with Gasteiger partial charge in [0.15, 0.2) is 0 Å². The largest absolute Gasteiger partial charge is 0.320 e. The number of likely N-dealkylation sites (N-methyl/N-ethyl adjacent to an activating group) is 1. The first kappa shape index (κ1) is 12.4. The van der Waals surface area contributed by atoms with Crippen molar-refractivity contribution in [3.63, 3.8) is 0 Å². The maximum atomic E-state index is 11.7. The van der Waals surface area contributed by atoms with Crippen LogP contribution in [0.3, 0.4) is 0 Å². The second-order valence-corrected chi connectivity index (χ2v) is 5.50. The number of nitrogens with zero attached hydrogens (tertiary/aromatic N) is 2. The smallest absolute Gasteiger partial charge is 0.254 e. The third-order valence-corrected chi connectivity index (χ3v) is 3.53. The van der Waals surface area contributed by atoms with Crippen LogP contribution >= 0.6 is 0 Å². The molecule has 1 aliphatic heterocycles. The van der Waals surface area contributed by atoms with Gasteiger partial charge in [-0.1, -0.05) is 0 Å². The molecule has 1 fully saturated rings. The number of hydrogen-bond acceptors (Lipinski definition) is 4. The minimum atomic E-state index is -3.38. The van der Waals surface area contributed by atoms with E-state index in [0.29, 0.717) is 25.9 Å². The number of hydrogen-bond donors (Lipinski definition) is 1. The molecule has 0 aromatic heterocycles. The maximum absolute atomic E-state index is 11.7. The summed E-state index contributed by atoms with van der Waals surface area (Å²) in [7, 11) is -3.38. The lowest BCUT2D eigenvalue weighted by molar-refractivity contribution is -0.140. The van der Waals surface area contributed by atoms with Gasteiger partial charge < -0.3 is 5.73 Å². The zero-order chi connectivity index (χ0) is 11.6. The van der Waals surface area contributed by atoms with E-state index >= 15 is 0 Å². The second kappa shape index (κ2) is 4.46. The van der Waals surface area contributed by atoms with Crippen LogP contribution in [0.5, 0.6) is 0 Å². The molecule has 7 heteroatoms. The van der Waals surface area contributed by atoms with Crippen molar-refractivity contribution in [1.29, 1.82) is 0 Å². The third-order valence-electron chi connectivity index (χ3n) is 2.39. The predicted molar refractivity (Wildman–Crippen MR) is 56.1 cm³/mol. The van der Waals surface area contributed by atoms with Crippen LogP contribution in [0.25, 0.3) is 0 Å². The molecule has 1 amide bonds. The lowest BCUT2D eigenvalue weighted by atomic mass is 10.2. The number of amides is 1. The Kier molecular flexibility index (Phi) is 3.69. The van der Waals surface area contributed by atoms with E-state index in [9.17, 15) is 13.2 Å². The van der Waals surface area contributed by atoms with Gasteiger partial charge in [-0.2, -0.15) is 0 Å². The average Bonchev–Trinajstić information content (AvgIpc) is 2.26. The Balaban J connectivity index is 3.01. The fourth-order valence-electron chi connectivity index (χ4n) is 1.65. The predicted octanol–water partition coefficient (Wildman–Crippen LogP) is -0.867. The molecule has 6 nitrogen and oxygen atoms in total. The normalized spacial score (nSPS) is 25.4. The molecule has 1 rings (SSSR count). The van der Waals surface area contributed by atoms with E-state index < -0.39 is 16.1 Å². The molecule has 0 saturated carbocycles. The Bertz CT molecular complexity index is 341. The van der Waals surface area contributed by atoms with Crippen molar-refractivity contribution in [2.24, 2.45) is 5.73 Å². The lowest BCUT2D eigenvalue weighted by Crippen LogP contribution is -2.52. The van der Waals surface area contributed by atoms with Crippen LogP contribution in [0.15, 0.2) is 0 Å². The Morgan fingerprint density at radius 1 is 1.53 bits per heavy atom.